The first-order valence-corrected chi connectivity index (χ1v) is 8.60. The highest BCUT2D eigenvalue weighted by Gasteiger charge is 2.27. The van der Waals surface area contributed by atoms with Gasteiger partial charge in [0, 0.05) is 11.3 Å². The molecule has 0 aliphatic carbocycles. The molecule has 1 atom stereocenters. The molecule has 24 heavy (non-hydrogen) atoms. The van der Waals surface area contributed by atoms with E-state index in [9.17, 15) is 9.59 Å². The summed E-state index contributed by atoms with van der Waals surface area (Å²) in [7, 11) is 0. The predicted octanol–water partition coefficient (Wildman–Crippen LogP) is 2.06. The van der Waals surface area contributed by atoms with Crippen LogP contribution >= 0.6 is 11.3 Å². The summed E-state index contributed by atoms with van der Waals surface area (Å²) in [6, 6.07) is 11.2. The average molecular weight is 346 g/mol. The monoisotopic (exact) mass is 346 g/mol. The number of para-hydroxylation sites is 2. The summed E-state index contributed by atoms with van der Waals surface area (Å²) in [5.41, 5.74) is 4.80. The van der Waals surface area contributed by atoms with E-state index in [1.54, 1.807) is 29.5 Å². The van der Waals surface area contributed by atoms with Crippen molar-refractivity contribution in [3.63, 3.8) is 0 Å². The van der Waals surface area contributed by atoms with E-state index >= 15 is 0 Å². The van der Waals surface area contributed by atoms with E-state index in [0.29, 0.717) is 17.9 Å². The Hall–Kier alpha value is -2.54. The van der Waals surface area contributed by atoms with E-state index < -0.39 is 12.0 Å². The van der Waals surface area contributed by atoms with Gasteiger partial charge in [-0.3, -0.25) is 20.4 Å². The van der Waals surface area contributed by atoms with Crippen LogP contribution in [0.1, 0.15) is 17.7 Å². The molecule has 1 aliphatic heterocycles. The fourth-order valence-electron chi connectivity index (χ4n) is 2.30. The van der Waals surface area contributed by atoms with Crippen molar-refractivity contribution in [3.05, 3.63) is 46.7 Å². The van der Waals surface area contributed by atoms with Crippen LogP contribution in [0.15, 0.2) is 41.8 Å². The summed E-state index contributed by atoms with van der Waals surface area (Å²) in [6.07, 6.45) is 1.16. The van der Waals surface area contributed by atoms with Gasteiger partial charge in [-0.1, -0.05) is 18.2 Å². The summed E-state index contributed by atoms with van der Waals surface area (Å²) in [6.45, 7) is 0.108. The van der Waals surface area contributed by atoms with Crippen LogP contribution in [-0.2, 0) is 16.0 Å². The number of nitrogens with one attached hydrogen (secondary N) is 2. The number of aryl methyl sites for hydroxylation is 1. The van der Waals surface area contributed by atoms with E-state index in [2.05, 4.69) is 10.9 Å². The van der Waals surface area contributed by atoms with Gasteiger partial charge >= 0.3 is 0 Å². The first kappa shape index (κ1) is 16.3. The third-order valence-electron chi connectivity index (χ3n) is 3.53. The van der Waals surface area contributed by atoms with Gasteiger partial charge in [-0.15, -0.1) is 11.3 Å². The van der Waals surface area contributed by atoms with Crippen molar-refractivity contribution in [1.29, 1.82) is 0 Å². The third kappa shape index (κ3) is 4.26. The Morgan fingerprint density at radius 2 is 1.96 bits per heavy atom. The maximum atomic E-state index is 12.0. The zero-order valence-corrected chi connectivity index (χ0v) is 13.8. The van der Waals surface area contributed by atoms with E-state index in [1.807, 2.05) is 23.6 Å². The lowest BCUT2D eigenvalue weighted by molar-refractivity contribution is -0.135. The Balaban J connectivity index is 1.38. The Bertz CT molecular complexity index is 702. The van der Waals surface area contributed by atoms with Gasteiger partial charge in [-0.2, -0.15) is 0 Å². The number of carbonyl (C=O) groups is 2. The zero-order chi connectivity index (χ0) is 16.8. The molecule has 0 saturated carbocycles. The summed E-state index contributed by atoms with van der Waals surface area (Å²) < 4.78 is 11.0. The molecule has 0 fully saturated rings. The van der Waals surface area contributed by atoms with Gasteiger partial charge < -0.3 is 9.47 Å². The first-order chi connectivity index (χ1) is 11.7. The smallest absolute Gasteiger partial charge is 0.283 e. The first-order valence-electron chi connectivity index (χ1n) is 7.72. The molecular formula is C17H18N2O4S. The molecule has 0 saturated heterocycles. The van der Waals surface area contributed by atoms with Gasteiger partial charge in [-0.05, 0) is 36.4 Å². The van der Waals surface area contributed by atoms with E-state index in [0.717, 1.165) is 12.8 Å². The second kappa shape index (κ2) is 7.83. The van der Waals surface area contributed by atoms with Gasteiger partial charge in [0.15, 0.2) is 11.5 Å². The number of amides is 2. The number of carbonyl (C=O) groups excluding carboxylic acids is 2. The topological polar surface area (TPSA) is 76.7 Å². The van der Waals surface area contributed by atoms with Crippen molar-refractivity contribution < 1.29 is 19.1 Å². The number of hydrazine groups is 1. The SMILES string of the molecule is O=C(CCCc1cccs1)NNC(=O)C1COc2ccccc2O1. The maximum Gasteiger partial charge on any atom is 0.283 e. The van der Waals surface area contributed by atoms with Crippen molar-refractivity contribution >= 4 is 23.2 Å². The van der Waals surface area contributed by atoms with Gasteiger partial charge in [0.2, 0.25) is 12.0 Å². The van der Waals surface area contributed by atoms with Crippen LogP contribution < -0.4 is 20.3 Å². The second-order valence-corrected chi connectivity index (χ2v) is 6.37. The molecule has 1 unspecified atom stereocenters. The van der Waals surface area contributed by atoms with Gasteiger partial charge in [0.25, 0.3) is 5.91 Å². The molecule has 6 nitrogen and oxygen atoms in total. The van der Waals surface area contributed by atoms with Crippen LogP contribution in [0, 0.1) is 0 Å². The fourth-order valence-corrected chi connectivity index (χ4v) is 3.05. The summed E-state index contributed by atoms with van der Waals surface area (Å²) in [4.78, 5) is 25.1. The molecule has 1 aromatic heterocycles. The highest BCUT2D eigenvalue weighted by molar-refractivity contribution is 7.09. The standard InChI is InChI=1S/C17H18N2O4S/c20-16(9-3-5-12-6-4-10-24-12)18-19-17(21)15-11-22-13-7-1-2-8-14(13)23-15/h1-2,4,6-8,10,15H,3,5,9,11H2,(H,18,20)(H,19,21). The minimum Gasteiger partial charge on any atom is -0.485 e. The maximum absolute atomic E-state index is 12.0. The van der Waals surface area contributed by atoms with Crippen LogP contribution in [0.4, 0.5) is 0 Å². The number of benzene rings is 1. The second-order valence-electron chi connectivity index (χ2n) is 5.33. The van der Waals surface area contributed by atoms with Crippen LogP contribution in [0.5, 0.6) is 11.5 Å². The van der Waals surface area contributed by atoms with Crippen molar-refractivity contribution in [1.82, 2.24) is 10.9 Å². The lowest BCUT2D eigenvalue weighted by Gasteiger charge is -2.25. The van der Waals surface area contributed by atoms with Gasteiger partial charge in [-0.25, -0.2) is 0 Å². The minimum atomic E-state index is -0.786. The largest absolute Gasteiger partial charge is 0.485 e. The van der Waals surface area contributed by atoms with Crippen LogP contribution in [0.3, 0.4) is 0 Å². The molecule has 3 rings (SSSR count). The lowest BCUT2D eigenvalue weighted by Crippen LogP contribution is -2.50. The van der Waals surface area contributed by atoms with Crippen molar-refractivity contribution in [2.45, 2.75) is 25.4 Å². The summed E-state index contributed by atoms with van der Waals surface area (Å²) in [5, 5.41) is 2.01. The molecule has 2 amide bonds. The summed E-state index contributed by atoms with van der Waals surface area (Å²) in [5.74, 6) is 0.471. The van der Waals surface area contributed by atoms with E-state index in [1.165, 1.54) is 4.88 Å². The molecule has 0 radical (unpaired) electrons. The van der Waals surface area contributed by atoms with E-state index in [4.69, 9.17) is 9.47 Å². The van der Waals surface area contributed by atoms with Crippen molar-refractivity contribution in [3.8, 4) is 11.5 Å². The normalized spacial score (nSPS) is 15.6. The molecule has 2 aromatic rings. The Kier molecular flexibility index (Phi) is 5.32. The van der Waals surface area contributed by atoms with Crippen molar-refractivity contribution in [2.24, 2.45) is 0 Å². The molecule has 0 spiro atoms. The van der Waals surface area contributed by atoms with Crippen molar-refractivity contribution in [2.75, 3.05) is 6.61 Å². The number of fused-ring (bicyclic) bond motifs is 1. The highest BCUT2D eigenvalue weighted by atomic mass is 32.1. The van der Waals surface area contributed by atoms with Gasteiger partial charge in [0.1, 0.15) is 6.61 Å². The number of hydrogen-bond donors (Lipinski definition) is 2. The highest BCUT2D eigenvalue weighted by Crippen LogP contribution is 2.30. The van der Waals surface area contributed by atoms with Crippen LogP contribution in [0.25, 0.3) is 0 Å². The average Bonchev–Trinajstić information content (AvgIpc) is 3.12. The number of ether oxygens (including phenoxy) is 2. The molecular weight excluding hydrogens is 328 g/mol. The number of rotatable bonds is 5. The molecule has 0 bridgehead atoms. The minimum absolute atomic E-state index is 0.108. The summed E-state index contributed by atoms with van der Waals surface area (Å²) >= 11 is 1.67. The van der Waals surface area contributed by atoms with Gasteiger partial charge in [0.05, 0.1) is 0 Å². The molecule has 126 valence electrons. The predicted molar refractivity (Wildman–Crippen MR) is 89.9 cm³/mol. The van der Waals surface area contributed by atoms with Crippen LogP contribution in [0.2, 0.25) is 0 Å². The Morgan fingerprint density at radius 1 is 1.12 bits per heavy atom. The lowest BCUT2D eigenvalue weighted by atomic mass is 10.2. The fraction of sp³-hybridized carbons (Fsp3) is 0.294. The molecule has 1 aliphatic rings. The zero-order valence-electron chi connectivity index (χ0n) is 13.0. The Labute approximate surface area is 143 Å². The number of thiophene rings is 1. The van der Waals surface area contributed by atoms with Crippen LogP contribution in [-0.4, -0.2) is 24.5 Å². The molecule has 7 heteroatoms. The molecule has 1 aromatic carbocycles. The Morgan fingerprint density at radius 3 is 2.75 bits per heavy atom. The quantitative estimate of drug-likeness (QED) is 0.813. The number of hydrogen-bond acceptors (Lipinski definition) is 5. The molecule has 2 heterocycles. The third-order valence-corrected chi connectivity index (χ3v) is 4.47. The molecule has 2 N–H and O–H groups in total. The van der Waals surface area contributed by atoms with E-state index in [-0.39, 0.29) is 12.5 Å².